The minimum atomic E-state index is 0.497. The third-order valence-corrected chi connectivity index (χ3v) is 1.79. The van der Waals surface area contributed by atoms with Gasteiger partial charge in [0.05, 0.1) is 24.2 Å². The maximum Gasteiger partial charge on any atom is 0.0663 e. The molecule has 0 saturated carbocycles. The highest BCUT2D eigenvalue weighted by Crippen LogP contribution is 2.10. The summed E-state index contributed by atoms with van der Waals surface area (Å²) in [6.45, 7) is 2.82. The maximum atomic E-state index is 8.41. The second-order valence-electron chi connectivity index (χ2n) is 2.70. The molecule has 0 amide bonds. The summed E-state index contributed by atoms with van der Waals surface area (Å²) in [4.78, 5) is 3.84. The first-order valence-corrected chi connectivity index (χ1v) is 4.84. The molecule has 0 heterocycles. The van der Waals surface area contributed by atoms with Gasteiger partial charge < -0.3 is 0 Å². The second-order valence-corrected chi connectivity index (χ2v) is 2.88. The van der Waals surface area contributed by atoms with Crippen LogP contribution in [0.4, 0.5) is 0 Å². The van der Waals surface area contributed by atoms with E-state index in [-0.39, 0.29) is 0 Å². The van der Waals surface area contributed by atoms with Crippen molar-refractivity contribution >= 4 is 17.4 Å². The topological polar surface area (TPSA) is 36.1 Å². The van der Waals surface area contributed by atoms with E-state index in [1.165, 1.54) is 5.57 Å². The van der Waals surface area contributed by atoms with E-state index in [4.69, 9.17) is 5.26 Å². The SMILES string of the molecule is CCC/C(=C/CC#N)CCN=C=S. The lowest BCUT2D eigenvalue weighted by Gasteiger charge is -2.01. The van der Waals surface area contributed by atoms with Gasteiger partial charge >= 0.3 is 0 Å². The minimum Gasteiger partial charge on any atom is -0.232 e. The fourth-order valence-corrected chi connectivity index (χ4v) is 1.18. The van der Waals surface area contributed by atoms with Crippen LogP contribution in [0.3, 0.4) is 0 Å². The Hall–Kier alpha value is -0.970. The summed E-state index contributed by atoms with van der Waals surface area (Å²) in [5, 5.41) is 10.7. The number of hydrogen-bond acceptors (Lipinski definition) is 3. The van der Waals surface area contributed by atoms with Crippen LogP contribution in [0.2, 0.25) is 0 Å². The van der Waals surface area contributed by atoms with Gasteiger partial charge in [0, 0.05) is 0 Å². The first kappa shape index (κ1) is 12.0. The van der Waals surface area contributed by atoms with Crippen molar-refractivity contribution in [2.45, 2.75) is 32.6 Å². The average Bonchev–Trinajstić information content (AvgIpc) is 2.14. The molecule has 0 aromatic rings. The number of nitrogens with zero attached hydrogens (tertiary/aromatic N) is 2. The van der Waals surface area contributed by atoms with E-state index in [0.29, 0.717) is 13.0 Å². The Morgan fingerprint density at radius 2 is 2.31 bits per heavy atom. The van der Waals surface area contributed by atoms with E-state index in [2.05, 4.69) is 35.4 Å². The monoisotopic (exact) mass is 194 g/mol. The van der Waals surface area contributed by atoms with Gasteiger partial charge in [0.1, 0.15) is 0 Å². The number of aliphatic imine (C=N–C) groups is 1. The van der Waals surface area contributed by atoms with E-state index in [1.54, 1.807) is 0 Å². The molecule has 0 aromatic carbocycles. The van der Waals surface area contributed by atoms with Gasteiger partial charge in [-0.25, -0.2) is 4.99 Å². The summed E-state index contributed by atoms with van der Waals surface area (Å²) < 4.78 is 0. The summed E-state index contributed by atoms with van der Waals surface area (Å²) in [5.74, 6) is 0. The molecular formula is C10H14N2S. The van der Waals surface area contributed by atoms with Crippen molar-refractivity contribution in [3.63, 3.8) is 0 Å². The van der Waals surface area contributed by atoms with Crippen LogP contribution in [-0.2, 0) is 0 Å². The van der Waals surface area contributed by atoms with Crippen LogP contribution in [-0.4, -0.2) is 11.7 Å². The van der Waals surface area contributed by atoms with E-state index >= 15 is 0 Å². The largest absolute Gasteiger partial charge is 0.232 e. The van der Waals surface area contributed by atoms with Gasteiger partial charge in [0.15, 0.2) is 0 Å². The van der Waals surface area contributed by atoms with Crippen molar-refractivity contribution in [2.75, 3.05) is 6.54 Å². The van der Waals surface area contributed by atoms with Gasteiger partial charge in [0.2, 0.25) is 0 Å². The van der Waals surface area contributed by atoms with E-state index in [0.717, 1.165) is 19.3 Å². The summed E-state index contributed by atoms with van der Waals surface area (Å²) in [6, 6.07) is 2.10. The molecular weight excluding hydrogens is 180 g/mol. The quantitative estimate of drug-likeness (QED) is 0.370. The highest BCUT2D eigenvalue weighted by Gasteiger charge is 1.94. The lowest BCUT2D eigenvalue weighted by molar-refractivity contribution is 0.821. The van der Waals surface area contributed by atoms with Crippen LogP contribution >= 0.6 is 12.2 Å². The van der Waals surface area contributed by atoms with Gasteiger partial charge in [-0.15, -0.1) is 0 Å². The highest BCUT2D eigenvalue weighted by atomic mass is 32.1. The Kier molecular flexibility index (Phi) is 8.44. The van der Waals surface area contributed by atoms with Crippen LogP contribution in [0.15, 0.2) is 16.6 Å². The first-order chi connectivity index (χ1) is 6.35. The maximum absolute atomic E-state index is 8.41. The van der Waals surface area contributed by atoms with Gasteiger partial charge in [-0.3, -0.25) is 0 Å². The Morgan fingerprint density at radius 3 is 2.85 bits per heavy atom. The third kappa shape index (κ3) is 7.39. The Morgan fingerprint density at radius 1 is 1.54 bits per heavy atom. The molecule has 0 rings (SSSR count). The van der Waals surface area contributed by atoms with Crippen molar-refractivity contribution in [3.8, 4) is 6.07 Å². The lowest BCUT2D eigenvalue weighted by Crippen LogP contribution is -1.87. The number of allylic oxidation sites excluding steroid dienone is 1. The molecule has 2 nitrogen and oxygen atoms in total. The van der Waals surface area contributed by atoms with Gasteiger partial charge in [-0.2, -0.15) is 5.26 Å². The van der Waals surface area contributed by atoms with Crippen molar-refractivity contribution in [3.05, 3.63) is 11.6 Å². The Balaban J connectivity index is 3.94. The average molecular weight is 194 g/mol. The Bertz CT molecular complexity index is 244. The summed E-state index contributed by atoms with van der Waals surface area (Å²) in [5.41, 5.74) is 1.30. The molecule has 0 bridgehead atoms. The first-order valence-electron chi connectivity index (χ1n) is 4.43. The molecule has 0 aliphatic carbocycles. The molecule has 0 saturated heterocycles. The normalized spacial score (nSPS) is 10.3. The predicted octanol–water partition coefficient (Wildman–Crippen LogP) is 3.12. The third-order valence-electron chi connectivity index (χ3n) is 1.66. The molecule has 0 aromatic heterocycles. The molecule has 3 heteroatoms. The van der Waals surface area contributed by atoms with E-state index in [9.17, 15) is 0 Å². The van der Waals surface area contributed by atoms with Crippen LogP contribution in [0.5, 0.6) is 0 Å². The fourth-order valence-electron chi connectivity index (χ4n) is 1.09. The summed E-state index contributed by atoms with van der Waals surface area (Å²) in [7, 11) is 0. The zero-order valence-electron chi connectivity index (χ0n) is 7.92. The molecule has 0 fully saturated rings. The van der Waals surface area contributed by atoms with Gasteiger partial charge in [-0.1, -0.05) is 25.0 Å². The van der Waals surface area contributed by atoms with Crippen LogP contribution in [0.25, 0.3) is 0 Å². The number of rotatable bonds is 6. The molecule has 0 spiro atoms. The summed E-state index contributed by atoms with van der Waals surface area (Å²) in [6.07, 6.45) is 5.55. The van der Waals surface area contributed by atoms with E-state index < -0.39 is 0 Å². The molecule has 13 heavy (non-hydrogen) atoms. The zero-order valence-corrected chi connectivity index (χ0v) is 8.73. The molecule has 0 unspecified atom stereocenters. The molecule has 0 atom stereocenters. The number of nitriles is 1. The van der Waals surface area contributed by atoms with Crippen LogP contribution in [0.1, 0.15) is 32.6 Å². The molecule has 0 radical (unpaired) electrons. The molecule has 0 N–H and O–H groups in total. The number of isothiocyanates is 1. The standard InChI is InChI=1S/C10H14N2S/c1-2-4-10(5-3-7-11)6-8-12-9-13/h5H,2-4,6,8H2,1H3/b10-5-. The smallest absolute Gasteiger partial charge is 0.0663 e. The minimum absolute atomic E-state index is 0.497. The van der Waals surface area contributed by atoms with Crippen LogP contribution in [0, 0.1) is 11.3 Å². The highest BCUT2D eigenvalue weighted by molar-refractivity contribution is 7.78. The van der Waals surface area contributed by atoms with Gasteiger partial charge in [-0.05, 0) is 25.1 Å². The molecule has 0 aliphatic heterocycles. The van der Waals surface area contributed by atoms with Crippen molar-refractivity contribution in [2.24, 2.45) is 4.99 Å². The van der Waals surface area contributed by atoms with Crippen LogP contribution < -0.4 is 0 Å². The number of thiocarbonyl (C=S) groups is 1. The molecule has 70 valence electrons. The second kappa shape index (κ2) is 9.12. The van der Waals surface area contributed by atoms with Gasteiger partial charge in [0.25, 0.3) is 0 Å². The Labute approximate surface area is 85.0 Å². The van der Waals surface area contributed by atoms with Crippen molar-refractivity contribution < 1.29 is 0 Å². The summed E-state index contributed by atoms with van der Waals surface area (Å²) >= 11 is 4.47. The predicted molar refractivity (Wildman–Crippen MR) is 57.7 cm³/mol. The molecule has 0 aliphatic rings. The van der Waals surface area contributed by atoms with Crippen molar-refractivity contribution in [1.29, 1.82) is 5.26 Å². The lowest BCUT2D eigenvalue weighted by atomic mass is 10.1. The number of hydrogen-bond donors (Lipinski definition) is 0. The van der Waals surface area contributed by atoms with E-state index in [1.807, 2.05) is 6.08 Å². The van der Waals surface area contributed by atoms with Crippen molar-refractivity contribution in [1.82, 2.24) is 0 Å². The zero-order chi connectivity index (χ0) is 9.94. The fraction of sp³-hybridized carbons (Fsp3) is 0.600.